The van der Waals surface area contributed by atoms with E-state index in [1.807, 2.05) is 0 Å². The first-order valence-corrected chi connectivity index (χ1v) is 11.0. The molecule has 1 aromatic carbocycles. The number of carbonyl (C=O) groups is 4. The van der Waals surface area contributed by atoms with Crippen LogP contribution < -0.4 is 16.4 Å². The third-order valence-corrected chi connectivity index (χ3v) is 5.59. The highest BCUT2D eigenvalue weighted by atomic mass is 35.5. The zero-order valence-electron chi connectivity index (χ0n) is 18.1. The van der Waals surface area contributed by atoms with Crippen molar-refractivity contribution >= 4 is 35.3 Å². The van der Waals surface area contributed by atoms with Gasteiger partial charge in [0, 0.05) is 23.8 Å². The SMILES string of the molecule is NC(=O)CC(NC(=O)c1ccc(Cl)cc1)C(=O)NC(c1cn(CC(=O)O)nn1)C1CCOCC1. The molecule has 13 heteroatoms. The van der Waals surface area contributed by atoms with Crippen LogP contribution in [-0.2, 0) is 25.7 Å². The van der Waals surface area contributed by atoms with Crippen LogP contribution in [0.4, 0.5) is 0 Å². The lowest BCUT2D eigenvalue weighted by molar-refractivity contribution is -0.138. The average molecular weight is 493 g/mol. The standard InChI is InChI=1S/C21H25ClN6O6/c22-14-3-1-13(2-4-14)20(32)24-15(9-17(23)29)21(33)25-19(12-5-7-34-8-6-12)16-10-28(27-26-16)11-18(30)31/h1-4,10,12,15,19H,5-9,11H2,(H2,23,29)(H,24,32)(H,25,33)(H,30,31). The van der Waals surface area contributed by atoms with Gasteiger partial charge in [-0.15, -0.1) is 5.10 Å². The summed E-state index contributed by atoms with van der Waals surface area (Å²) in [6.45, 7) is 0.583. The van der Waals surface area contributed by atoms with Crippen LogP contribution in [0.25, 0.3) is 0 Å². The highest BCUT2D eigenvalue weighted by molar-refractivity contribution is 6.30. The molecular weight excluding hydrogens is 468 g/mol. The normalized spacial score (nSPS) is 15.8. The first kappa shape index (κ1) is 25.1. The zero-order chi connectivity index (χ0) is 24.7. The predicted molar refractivity (Wildman–Crippen MR) is 119 cm³/mol. The number of carboxylic acids is 1. The fourth-order valence-electron chi connectivity index (χ4n) is 3.66. The Morgan fingerprint density at radius 2 is 1.85 bits per heavy atom. The number of ether oxygens (including phenoxy) is 1. The van der Waals surface area contributed by atoms with E-state index in [-0.39, 0.29) is 18.0 Å². The van der Waals surface area contributed by atoms with Gasteiger partial charge in [-0.05, 0) is 43.0 Å². The van der Waals surface area contributed by atoms with Crippen LogP contribution >= 0.6 is 11.6 Å². The minimum absolute atomic E-state index is 0.0751. The Balaban J connectivity index is 1.79. The molecule has 2 aromatic rings. The summed E-state index contributed by atoms with van der Waals surface area (Å²) < 4.78 is 6.55. The summed E-state index contributed by atoms with van der Waals surface area (Å²) in [7, 11) is 0. The largest absolute Gasteiger partial charge is 0.480 e. The maximum atomic E-state index is 13.2. The van der Waals surface area contributed by atoms with Gasteiger partial charge in [-0.1, -0.05) is 16.8 Å². The van der Waals surface area contributed by atoms with Gasteiger partial charge in [-0.3, -0.25) is 19.2 Å². The zero-order valence-corrected chi connectivity index (χ0v) is 18.9. The van der Waals surface area contributed by atoms with Gasteiger partial charge in [0.05, 0.1) is 18.7 Å². The van der Waals surface area contributed by atoms with Crippen molar-refractivity contribution in [3.63, 3.8) is 0 Å². The van der Waals surface area contributed by atoms with Gasteiger partial charge < -0.3 is 26.2 Å². The molecule has 1 fully saturated rings. The minimum Gasteiger partial charge on any atom is -0.480 e. The lowest BCUT2D eigenvalue weighted by Gasteiger charge is -2.31. The smallest absolute Gasteiger partial charge is 0.325 e. The number of nitrogens with two attached hydrogens (primary N) is 1. The number of hydrogen-bond acceptors (Lipinski definition) is 7. The number of primary amides is 1. The van der Waals surface area contributed by atoms with E-state index in [0.29, 0.717) is 36.8 Å². The van der Waals surface area contributed by atoms with Crippen molar-refractivity contribution in [2.45, 2.75) is 37.9 Å². The van der Waals surface area contributed by atoms with Crippen LogP contribution in [0.3, 0.4) is 0 Å². The average Bonchev–Trinajstić information content (AvgIpc) is 3.24. The fourth-order valence-corrected chi connectivity index (χ4v) is 3.79. The molecule has 12 nitrogen and oxygen atoms in total. The van der Waals surface area contributed by atoms with Gasteiger partial charge >= 0.3 is 5.97 Å². The summed E-state index contributed by atoms with van der Waals surface area (Å²) >= 11 is 5.85. The lowest BCUT2D eigenvalue weighted by atomic mass is 9.89. The maximum absolute atomic E-state index is 13.2. The van der Waals surface area contributed by atoms with Crippen LogP contribution in [0.2, 0.25) is 5.02 Å². The topological polar surface area (TPSA) is 179 Å². The molecule has 0 saturated carbocycles. The van der Waals surface area contributed by atoms with Gasteiger partial charge in [0.15, 0.2) is 0 Å². The van der Waals surface area contributed by atoms with E-state index >= 15 is 0 Å². The summed E-state index contributed by atoms with van der Waals surface area (Å²) in [5.74, 6) is -3.14. The van der Waals surface area contributed by atoms with E-state index in [4.69, 9.17) is 27.2 Å². The van der Waals surface area contributed by atoms with Crippen molar-refractivity contribution in [1.29, 1.82) is 0 Å². The summed E-state index contributed by atoms with van der Waals surface area (Å²) in [5.41, 5.74) is 5.93. The molecular formula is C21H25ClN6O6. The second kappa shape index (κ2) is 11.6. The number of hydrogen-bond donors (Lipinski definition) is 4. The molecule has 0 bridgehead atoms. The monoisotopic (exact) mass is 492 g/mol. The van der Waals surface area contributed by atoms with Crippen LogP contribution in [0, 0.1) is 5.92 Å². The van der Waals surface area contributed by atoms with Crippen molar-refractivity contribution in [2.75, 3.05) is 13.2 Å². The number of amides is 3. The van der Waals surface area contributed by atoms with Crippen molar-refractivity contribution in [2.24, 2.45) is 11.7 Å². The predicted octanol–water partition coefficient (Wildman–Crippen LogP) is 0.274. The van der Waals surface area contributed by atoms with Crippen molar-refractivity contribution in [3.8, 4) is 0 Å². The van der Waals surface area contributed by atoms with E-state index in [2.05, 4.69) is 20.9 Å². The summed E-state index contributed by atoms with van der Waals surface area (Å²) in [4.78, 5) is 48.4. The molecule has 1 aliphatic heterocycles. The number of benzene rings is 1. The van der Waals surface area contributed by atoms with Crippen molar-refractivity contribution in [1.82, 2.24) is 25.6 Å². The molecule has 0 spiro atoms. The molecule has 34 heavy (non-hydrogen) atoms. The fraction of sp³-hybridized carbons (Fsp3) is 0.429. The Morgan fingerprint density at radius 1 is 1.18 bits per heavy atom. The van der Waals surface area contributed by atoms with E-state index in [9.17, 15) is 19.2 Å². The Kier molecular flexibility index (Phi) is 8.55. The Morgan fingerprint density at radius 3 is 2.47 bits per heavy atom. The number of halogens is 1. The molecule has 2 heterocycles. The van der Waals surface area contributed by atoms with Gasteiger partial charge in [0.1, 0.15) is 18.3 Å². The van der Waals surface area contributed by atoms with Gasteiger partial charge in [0.25, 0.3) is 5.91 Å². The molecule has 1 aromatic heterocycles. The highest BCUT2D eigenvalue weighted by Gasteiger charge is 2.32. The quantitative estimate of drug-likeness (QED) is 0.365. The molecule has 3 amide bonds. The van der Waals surface area contributed by atoms with Gasteiger partial charge in [-0.25, -0.2) is 4.68 Å². The minimum atomic E-state index is -1.24. The number of nitrogens with one attached hydrogen (secondary N) is 2. The van der Waals surface area contributed by atoms with Crippen molar-refractivity contribution < 1.29 is 29.0 Å². The van der Waals surface area contributed by atoms with Gasteiger partial charge in [-0.2, -0.15) is 0 Å². The lowest BCUT2D eigenvalue weighted by Crippen LogP contribution is -2.50. The van der Waals surface area contributed by atoms with E-state index < -0.39 is 42.2 Å². The first-order chi connectivity index (χ1) is 16.2. The molecule has 5 N–H and O–H groups in total. The van der Waals surface area contributed by atoms with Crippen LogP contribution in [0.5, 0.6) is 0 Å². The van der Waals surface area contributed by atoms with Crippen LogP contribution in [0.1, 0.15) is 41.4 Å². The number of aliphatic carboxylic acids is 1. The number of aromatic nitrogens is 3. The van der Waals surface area contributed by atoms with Gasteiger partial charge in [0.2, 0.25) is 11.8 Å². The number of carbonyl (C=O) groups excluding carboxylic acids is 3. The number of carboxylic acid groups (broad SMARTS) is 1. The maximum Gasteiger partial charge on any atom is 0.325 e. The number of rotatable bonds is 10. The molecule has 182 valence electrons. The Hall–Kier alpha value is -3.51. The molecule has 2 atom stereocenters. The van der Waals surface area contributed by atoms with E-state index in [0.717, 1.165) is 4.68 Å². The second-order valence-corrected chi connectivity index (χ2v) is 8.31. The highest BCUT2D eigenvalue weighted by Crippen LogP contribution is 2.29. The Bertz CT molecular complexity index is 1040. The molecule has 1 aliphatic rings. The van der Waals surface area contributed by atoms with E-state index in [1.54, 1.807) is 0 Å². The first-order valence-electron chi connectivity index (χ1n) is 10.6. The number of nitrogens with zero attached hydrogens (tertiary/aromatic N) is 3. The molecule has 0 radical (unpaired) electrons. The third kappa shape index (κ3) is 6.99. The van der Waals surface area contributed by atoms with Crippen LogP contribution in [-0.4, -0.2) is 63.0 Å². The molecule has 3 rings (SSSR count). The summed E-state index contributed by atoms with van der Waals surface area (Å²) in [5, 5.41) is 22.7. The van der Waals surface area contributed by atoms with E-state index in [1.165, 1.54) is 30.5 Å². The Labute approximate surface area is 199 Å². The third-order valence-electron chi connectivity index (χ3n) is 5.34. The van der Waals surface area contributed by atoms with Crippen LogP contribution in [0.15, 0.2) is 30.5 Å². The summed E-state index contributed by atoms with van der Waals surface area (Å²) in [6.07, 6.45) is 2.27. The molecule has 1 saturated heterocycles. The molecule has 2 unspecified atom stereocenters. The second-order valence-electron chi connectivity index (χ2n) is 7.87. The summed E-state index contributed by atoms with van der Waals surface area (Å²) in [6, 6.07) is 4.16. The molecule has 0 aliphatic carbocycles. The van der Waals surface area contributed by atoms with Crippen molar-refractivity contribution in [3.05, 3.63) is 46.7 Å².